The number of nitrogens with zero attached hydrogens (tertiary/aromatic N) is 5. The molecule has 6 rings (SSSR count). The molecule has 3 heterocycles. The average Bonchev–Trinajstić information content (AvgIpc) is 3.70. The Kier molecular flexibility index (Phi) is 7.14. The Bertz CT molecular complexity index is 1660. The lowest BCUT2D eigenvalue weighted by molar-refractivity contribution is 0.571. The molecule has 3 N–H and O–H groups in total. The fourth-order valence-electron chi connectivity index (χ4n) is 3.63. The number of nitrogens with two attached hydrogens (primary N) is 1. The Balaban J connectivity index is 0.000000204. The molecule has 184 valence electrons. The molecule has 0 saturated heterocycles. The molecule has 38 heavy (non-hydrogen) atoms. The zero-order valence-electron chi connectivity index (χ0n) is 20.0. The van der Waals surface area contributed by atoms with Crippen LogP contribution in [0, 0.1) is 11.3 Å². The van der Waals surface area contributed by atoms with Crippen molar-refractivity contribution in [3.05, 3.63) is 116 Å². The first-order valence-electron chi connectivity index (χ1n) is 11.5. The summed E-state index contributed by atoms with van der Waals surface area (Å²) in [5.74, 6) is 1.83. The van der Waals surface area contributed by atoms with Crippen molar-refractivity contribution in [2.45, 2.75) is 0 Å². The Morgan fingerprint density at radius 1 is 0.737 bits per heavy atom. The number of nitrogens with one attached hydrogen (secondary N) is 1. The van der Waals surface area contributed by atoms with Gasteiger partial charge in [0.05, 0.1) is 29.8 Å². The third-order valence-electron chi connectivity index (χ3n) is 5.40. The molecular formula is C29H21N7O2. The van der Waals surface area contributed by atoms with Crippen molar-refractivity contribution in [3.8, 4) is 40.0 Å². The van der Waals surface area contributed by atoms with E-state index in [2.05, 4.69) is 31.3 Å². The van der Waals surface area contributed by atoms with Crippen molar-refractivity contribution in [3.63, 3.8) is 0 Å². The lowest BCUT2D eigenvalue weighted by Crippen LogP contribution is -2.00. The third-order valence-corrected chi connectivity index (χ3v) is 5.40. The Morgan fingerprint density at radius 3 is 2.03 bits per heavy atom. The van der Waals surface area contributed by atoms with Gasteiger partial charge in [-0.05, 0) is 24.3 Å². The molecule has 0 spiro atoms. The molecule has 3 aromatic heterocycles. The van der Waals surface area contributed by atoms with Crippen LogP contribution in [0.15, 0.2) is 119 Å². The molecule has 0 aliphatic rings. The van der Waals surface area contributed by atoms with Crippen LogP contribution in [0.3, 0.4) is 0 Å². The molecule has 0 atom stereocenters. The van der Waals surface area contributed by atoms with Gasteiger partial charge >= 0.3 is 0 Å². The molecule has 0 unspecified atom stereocenters. The van der Waals surface area contributed by atoms with E-state index in [-0.39, 0.29) is 0 Å². The van der Waals surface area contributed by atoms with Gasteiger partial charge in [0.1, 0.15) is 6.07 Å². The monoisotopic (exact) mass is 499 g/mol. The van der Waals surface area contributed by atoms with Gasteiger partial charge in [-0.3, -0.25) is 0 Å². The van der Waals surface area contributed by atoms with E-state index in [0.717, 1.165) is 33.8 Å². The maximum Gasteiger partial charge on any atom is 0.227 e. The summed E-state index contributed by atoms with van der Waals surface area (Å²) in [4.78, 5) is 16.5. The topological polar surface area (TPSA) is 140 Å². The molecule has 0 amide bonds. The van der Waals surface area contributed by atoms with Crippen molar-refractivity contribution in [1.82, 2.24) is 19.9 Å². The number of anilines is 3. The maximum atomic E-state index is 9.34. The molecule has 0 radical (unpaired) electrons. The van der Waals surface area contributed by atoms with E-state index >= 15 is 0 Å². The summed E-state index contributed by atoms with van der Waals surface area (Å²) in [7, 11) is 0. The average molecular weight is 500 g/mol. The van der Waals surface area contributed by atoms with E-state index < -0.39 is 0 Å². The van der Waals surface area contributed by atoms with Gasteiger partial charge in [-0.25, -0.2) is 19.9 Å². The maximum absolute atomic E-state index is 9.34. The number of nitriles is 1. The minimum Gasteiger partial charge on any atom is -0.444 e. The summed E-state index contributed by atoms with van der Waals surface area (Å²) in [6, 6.07) is 26.9. The van der Waals surface area contributed by atoms with E-state index in [1.807, 2.05) is 78.9 Å². The van der Waals surface area contributed by atoms with Gasteiger partial charge in [0.2, 0.25) is 5.95 Å². The van der Waals surface area contributed by atoms with Crippen LogP contribution in [0.5, 0.6) is 0 Å². The molecule has 0 bridgehead atoms. The van der Waals surface area contributed by atoms with Crippen molar-refractivity contribution < 1.29 is 8.83 Å². The summed E-state index contributed by atoms with van der Waals surface area (Å²) in [5.41, 5.74) is 10.9. The van der Waals surface area contributed by atoms with Crippen LogP contribution in [0.25, 0.3) is 33.9 Å². The molecule has 0 aliphatic carbocycles. The molecule has 3 aromatic carbocycles. The highest BCUT2D eigenvalue weighted by molar-refractivity contribution is 5.69. The Hall–Kier alpha value is -5.75. The van der Waals surface area contributed by atoms with Gasteiger partial charge < -0.3 is 19.9 Å². The van der Waals surface area contributed by atoms with Gasteiger partial charge in [0, 0.05) is 28.1 Å². The SMILES string of the molecule is N#Cc1cnc(Nc2cccc(-c3cnco3)c2)nc1-c1ccccc1.Nc1cccc(-c2cnco2)c1. The third kappa shape index (κ3) is 5.72. The molecule has 9 nitrogen and oxygen atoms in total. The quantitative estimate of drug-likeness (QED) is 0.260. The number of oxazole rings is 2. The highest BCUT2D eigenvalue weighted by Crippen LogP contribution is 2.26. The Labute approximate surface area is 218 Å². The summed E-state index contributed by atoms with van der Waals surface area (Å²) >= 11 is 0. The molecular weight excluding hydrogens is 478 g/mol. The summed E-state index contributed by atoms with van der Waals surface area (Å²) in [5, 5.41) is 12.5. The van der Waals surface area contributed by atoms with E-state index in [4.69, 9.17) is 14.6 Å². The van der Waals surface area contributed by atoms with Crippen LogP contribution in [0.1, 0.15) is 5.56 Å². The zero-order valence-corrected chi connectivity index (χ0v) is 20.0. The largest absolute Gasteiger partial charge is 0.444 e. The lowest BCUT2D eigenvalue weighted by atomic mass is 10.1. The molecule has 0 saturated carbocycles. The normalized spacial score (nSPS) is 10.2. The van der Waals surface area contributed by atoms with Crippen LogP contribution in [-0.2, 0) is 0 Å². The zero-order chi connectivity index (χ0) is 26.2. The first kappa shape index (κ1) is 24.0. The van der Waals surface area contributed by atoms with Gasteiger partial charge in [-0.15, -0.1) is 0 Å². The number of rotatable bonds is 5. The van der Waals surface area contributed by atoms with Crippen LogP contribution in [0.2, 0.25) is 0 Å². The number of hydrogen-bond donors (Lipinski definition) is 2. The molecule has 0 aliphatic heterocycles. The standard InChI is InChI=1S/C20H13N5O.C9H8N2O/c21-10-16-11-23-20(25-19(16)14-5-2-1-3-6-14)24-17-8-4-7-15(9-17)18-12-22-13-26-18;10-8-3-1-2-7(4-8)9-5-11-6-12-9/h1-9,11-13H,(H,23,24,25);1-6H,10H2. The van der Waals surface area contributed by atoms with Crippen LogP contribution >= 0.6 is 0 Å². The van der Waals surface area contributed by atoms with Crippen LogP contribution < -0.4 is 11.1 Å². The number of hydrogen-bond acceptors (Lipinski definition) is 9. The number of nitrogen functional groups attached to an aromatic ring is 1. The predicted octanol–water partition coefficient (Wildman–Crippen LogP) is 6.34. The predicted molar refractivity (Wildman–Crippen MR) is 144 cm³/mol. The smallest absolute Gasteiger partial charge is 0.227 e. The fraction of sp³-hybridized carbons (Fsp3) is 0. The summed E-state index contributed by atoms with van der Waals surface area (Å²) < 4.78 is 10.4. The minimum absolute atomic E-state index is 0.414. The second-order valence-corrected chi connectivity index (χ2v) is 8.00. The van der Waals surface area contributed by atoms with Crippen molar-refractivity contribution in [2.24, 2.45) is 0 Å². The van der Waals surface area contributed by atoms with Crippen molar-refractivity contribution in [1.29, 1.82) is 5.26 Å². The van der Waals surface area contributed by atoms with E-state index in [1.165, 1.54) is 19.0 Å². The van der Waals surface area contributed by atoms with Gasteiger partial charge in [-0.2, -0.15) is 5.26 Å². The van der Waals surface area contributed by atoms with E-state index in [0.29, 0.717) is 23.0 Å². The minimum atomic E-state index is 0.414. The van der Waals surface area contributed by atoms with Crippen molar-refractivity contribution in [2.75, 3.05) is 11.1 Å². The Morgan fingerprint density at radius 2 is 1.39 bits per heavy atom. The van der Waals surface area contributed by atoms with Crippen molar-refractivity contribution >= 4 is 17.3 Å². The van der Waals surface area contributed by atoms with E-state index in [1.54, 1.807) is 12.4 Å². The summed E-state index contributed by atoms with van der Waals surface area (Å²) in [6.07, 6.45) is 7.64. The molecule has 0 fully saturated rings. The fourth-order valence-corrected chi connectivity index (χ4v) is 3.63. The molecule has 6 aromatic rings. The highest BCUT2D eigenvalue weighted by atomic mass is 16.3. The van der Waals surface area contributed by atoms with Crippen LogP contribution in [-0.4, -0.2) is 19.9 Å². The number of benzene rings is 3. The van der Waals surface area contributed by atoms with Gasteiger partial charge in [0.15, 0.2) is 24.3 Å². The lowest BCUT2D eigenvalue weighted by Gasteiger charge is -2.09. The second-order valence-electron chi connectivity index (χ2n) is 8.00. The van der Waals surface area contributed by atoms with Gasteiger partial charge in [0.25, 0.3) is 0 Å². The highest BCUT2D eigenvalue weighted by Gasteiger charge is 2.10. The first-order chi connectivity index (χ1) is 18.7. The molecule has 9 heteroatoms. The van der Waals surface area contributed by atoms with Gasteiger partial charge in [-0.1, -0.05) is 54.6 Å². The first-order valence-corrected chi connectivity index (χ1v) is 11.5. The number of aromatic nitrogens is 4. The van der Waals surface area contributed by atoms with E-state index in [9.17, 15) is 5.26 Å². The second kappa shape index (κ2) is 11.3. The summed E-state index contributed by atoms with van der Waals surface area (Å²) in [6.45, 7) is 0. The van der Waals surface area contributed by atoms with Crippen LogP contribution in [0.4, 0.5) is 17.3 Å².